The summed E-state index contributed by atoms with van der Waals surface area (Å²) in [4.78, 5) is 160. The number of aryl methyl sites for hydroxylation is 4. The van der Waals surface area contributed by atoms with Crippen molar-refractivity contribution in [3.63, 3.8) is 0 Å². The number of carbonyl (C=O) groups is 8. The zero-order chi connectivity index (χ0) is 98.6. The Morgan fingerprint density at radius 1 is 0.400 bits per heavy atom. The van der Waals surface area contributed by atoms with Crippen LogP contribution in [0.1, 0.15) is 178 Å². The number of rotatable bonds is 30. The van der Waals surface area contributed by atoms with E-state index >= 15 is 0 Å². The Balaban J connectivity index is 0.000000152. The number of methoxy groups -OCH3 is 6. The number of likely N-dealkylation sites (N-methyl/N-ethyl adjacent to an activating group) is 4. The summed E-state index contributed by atoms with van der Waals surface area (Å²) in [6, 6.07) is 11.4. The first kappa shape index (κ1) is 101. The van der Waals surface area contributed by atoms with Crippen LogP contribution in [-0.4, -0.2) is 241 Å². The van der Waals surface area contributed by atoms with Gasteiger partial charge in [0, 0.05) is 175 Å². The molecule has 0 radical (unpaired) electrons. The van der Waals surface area contributed by atoms with Crippen molar-refractivity contribution in [2.24, 2.45) is 23.7 Å². The number of benzene rings is 4. The van der Waals surface area contributed by atoms with Crippen LogP contribution in [0.25, 0.3) is 0 Å². The average Bonchev–Trinajstić information content (AvgIpc) is 1.56. The highest BCUT2D eigenvalue weighted by atomic mass is 35.5. The number of ketones is 4. The number of hydrogen-bond donors (Lipinski definition) is 4. The van der Waals surface area contributed by atoms with Gasteiger partial charge in [0.2, 0.25) is 21.7 Å². The summed E-state index contributed by atoms with van der Waals surface area (Å²) in [5, 5.41) is 42.0. The molecule has 0 saturated heterocycles. The molecule has 4 aromatic heterocycles. The molecule has 8 heterocycles. The van der Waals surface area contributed by atoms with Crippen molar-refractivity contribution in [3.8, 4) is 46.0 Å². The van der Waals surface area contributed by atoms with E-state index in [2.05, 4.69) is 0 Å². The molecule has 8 aliphatic rings. The Morgan fingerprint density at radius 2 is 0.674 bits per heavy atom. The van der Waals surface area contributed by atoms with Crippen LogP contribution in [0.4, 0.5) is 17.6 Å². The quantitative estimate of drug-likeness (QED) is 0.0240. The third-order valence-electron chi connectivity index (χ3n) is 26.3. The molecule has 8 unspecified atom stereocenters. The molecule has 722 valence electrons. The van der Waals surface area contributed by atoms with Gasteiger partial charge in [-0.2, -0.15) is 0 Å². The summed E-state index contributed by atoms with van der Waals surface area (Å²) in [5.41, 5.74) is -6.64. The van der Waals surface area contributed by atoms with Gasteiger partial charge < -0.3 is 96.2 Å². The van der Waals surface area contributed by atoms with Crippen LogP contribution in [0.3, 0.4) is 0 Å². The lowest BCUT2D eigenvalue weighted by Crippen LogP contribution is -2.48. The van der Waals surface area contributed by atoms with Gasteiger partial charge in [0.15, 0.2) is 68.9 Å². The van der Waals surface area contributed by atoms with Crippen molar-refractivity contribution in [2.45, 2.75) is 126 Å². The molecule has 8 atom stereocenters. The zero-order valence-electron chi connectivity index (χ0n) is 76.2. The molecule has 4 aliphatic carbocycles. The van der Waals surface area contributed by atoms with Crippen molar-refractivity contribution in [2.75, 3.05) is 130 Å². The molecule has 4 amide bonds. The van der Waals surface area contributed by atoms with Gasteiger partial charge in [0.25, 0.3) is 23.6 Å². The van der Waals surface area contributed by atoms with E-state index in [0.717, 1.165) is 0 Å². The van der Waals surface area contributed by atoms with E-state index in [-0.39, 0.29) is 174 Å². The molecule has 4 saturated carbocycles. The average molecular weight is 1960 g/mol. The Kier molecular flexibility index (Phi) is 29.8. The Bertz CT molecular complexity index is 6430. The molecule has 16 rings (SSSR count). The monoisotopic (exact) mass is 1950 g/mol. The lowest BCUT2D eigenvalue weighted by atomic mass is 10.00. The first-order valence-electron chi connectivity index (χ1n) is 43.3. The lowest BCUT2D eigenvalue weighted by Gasteiger charge is -2.35. The van der Waals surface area contributed by atoms with E-state index in [0.29, 0.717) is 102 Å². The fourth-order valence-corrected chi connectivity index (χ4v) is 20.0. The fourth-order valence-electron chi connectivity index (χ4n) is 19.0. The highest BCUT2D eigenvalue weighted by molar-refractivity contribution is 6.32. The van der Waals surface area contributed by atoms with E-state index in [1.807, 2.05) is 13.8 Å². The molecule has 8 aromatic rings. The van der Waals surface area contributed by atoms with Crippen LogP contribution in [0.2, 0.25) is 20.1 Å². The van der Waals surface area contributed by atoms with Gasteiger partial charge in [-0.3, -0.25) is 57.5 Å². The van der Waals surface area contributed by atoms with Crippen LogP contribution in [0.5, 0.6) is 46.0 Å². The first-order chi connectivity index (χ1) is 63.9. The predicted molar refractivity (Wildman–Crippen MR) is 485 cm³/mol. The summed E-state index contributed by atoms with van der Waals surface area (Å²) in [5.74, 6) is -8.41. The molecule has 0 bridgehead atoms. The molecular weight excluding hydrogens is 1850 g/mol. The fraction of sp³-hybridized carbons (Fsp3) is 0.453. The number of fused-ring (bicyclic) bond motifs is 8. The lowest BCUT2D eigenvalue weighted by molar-refractivity contribution is 0.0659. The normalized spacial score (nSPS) is 21.1. The smallest absolute Gasteiger partial charge is 0.274 e. The minimum atomic E-state index is -0.918. The second-order valence-corrected chi connectivity index (χ2v) is 37.0. The molecule has 4 aliphatic heterocycles. The largest absolute Gasteiger partial charge is 0.503 e. The number of carbonyl (C=O) groups excluding carboxylic acids is 8. The van der Waals surface area contributed by atoms with Crippen molar-refractivity contribution < 1.29 is 114 Å². The minimum absolute atomic E-state index is 0.00452. The standard InChI is InChI=1S/C25H28ClFN2O6.C24H26ClFN2O6.2C23H24ClFN2O6/c1-13(2)35-16-7-14(20(27)18(26)8-16)5-6-19(30)17-10-29-21(23(32)22(17)31)24(33)28(3)12-25(29)9-15(25)11-34-4;1-4-34-15-7-13(19(26)17(25)8-15)5-6-18(29)16-10-28-20(22(31)21(16)30)23(32)27(2)12-24(28)9-14(24)11-33-3;1-26-11-23(8-13(23)10-32-2)27-9-14(20(29)21(30)19(27)22(26)31)15(28)6-4-12-5-7-16(33-3)17(24)18(12)25;1-26-11-23(8-13(23)10-32-2)27-9-15(20(29)21(30)19(27)22(26)31)17(28)5-4-12-6-14(33-3)7-16(24)18(12)25/h7-8,10,13,15,32H,5-6,9,11-12H2,1-4H3;7-8,10,14,31H,4-6,9,11-12H2,1-3H3;5,7,9,13,30H,4,6,8,10-11H2,1-3H3;6-7,9,13,30H,4-5,8,10-11H2,1-3H3. The molecular formula is C95H102Cl4F4N8O24. The third-order valence-corrected chi connectivity index (χ3v) is 27.5. The Hall–Kier alpha value is -11.6. The van der Waals surface area contributed by atoms with Crippen molar-refractivity contribution in [1.29, 1.82) is 0 Å². The maximum Gasteiger partial charge on any atom is 0.274 e. The molecule has 4 N–H and O–H groups in total. The van der Waals surface area contributed by atoms with Gasteiger partial charge in [0.05, 0.1) is 113 Å². The van der Waals surface area contributed by atoms with E-state index < -0.39 is 137 Å². The van der Waals surface area contributed by atoms with Crippen LogP contribution < -0.4 is 40.7 Å². The molecule has 32 nitrogen and oxygen atoms in total. The van der Waals surface area contributed by atoms with Crippen LogP contribution >= 0.6 is 46.4 Å². The van der Waals surface area contributed by atoms with Gasteiger partial charge in [-0.25, -0.2) is 17.6 Å². The molecule has 135 heavy (non-hydrogen) atoms. The maximum absolute atomic E-state index is 14.6. The minimum Gasteiger partial charge on any atom is -0.503 e. The third kappa shape index (κ3) is 19.1. The SMILES string of the molecule is CCOc1cc(Cl)c(F)c(CCC(=O)c2cn3c(c(O)c2=O)C(=O)N(C)CC32CC2COC)c1.COCC1CC12CN(C)C(=O)c1c(O)c(=O)c(C(=O)CCc3cc(OC(C)C)cc(Cl)c3F)cn12.COCC1CC12CN(C)C(=O)c1c(O)c(=O)c(C(=O)CCc3cc(OC)cc(Cl)c3F)cn12.COCC1CC12CN(C)C(=O)c1c(O)c(=O)c(C(=O)CCc3ccc(OC)c(Cl)c3F)cn12. The number of pyridine rings is 4. The van der Waals surface area contributed by atoms with E-state index in [9.17, 15) is 95.5 Å². The topological polar surface area (TPSA) is 392 Å². The van der Waals surface area contributed by atoms with E-state index in [1.165, 1.54) is 107 Å². The number of Topliss-reactive ketones (excluding diaryl/α,β-unsaturated/α-hetero) is 4. The molecule has 4 aromatic carbocycles. The maximum atomic E-state index is 14.6. The first-order valence-corrected chi connectivity index (χ1v) is 44.8. The van der Waals surface area contributed by atoms with Crippen molar-refractivity contribution in [3.05, 3.63) is 225 Å². The van der Waals surface area contributed by atoms with E-state index in [1.54, 1.807) is 81.8 Å². The van der Waals surface area contributed by atoms with Crippen LogP contribution in [0.15, 0.2) is 92.5 Å². The Morgan fingerprint density at radius 3 is 0.948 bits per heavy atom. The molecule has 4 spiro atoms. The molecule has 4 fully saturated rings. The predicted octanol–water partition coefficient (Wildman–Crippen LogP) is 11.6. The number of hydrogen-bond acceptors (Lipinski definition) is 24. The number of amides is 4. The number of halogens is 8. The highest BCUT2D eigenvalue weighted by Gasteiger charge is 2.64. The number of aromatic nitrogens is 4. The Labute approximate surface area is 791 Å². The van der Waals surface area contributed by atoms with Gasteiger partial charge in [-0.05, 0) is 119 Å². The van der Waals surface area contributed by atoms with Crippen molar-refractivity contribution in [1.82, 2.24) is 37.9 Å². The van der Waals surface area contributed by atoms with Crippen LogP contribution in [-0.2, 0) is 66.8 Å². The number of aromatic hydroxyl groups is 4. The van der Waals surface area contributed by atoms with Crippen molar-refractivity contribution >= 4 is 93.2 Å². The number of nitrogens with zero attached hydrogens (tertiary/aromatic N) is 8. The summed E-state index contributed by atoms with van der Waals surface area (Å²) >= 11 is 23.8. The summed E-state index contributed by atoms with van der Waals surface area (Å²) in [6.07, 6.45) is 7.14. The van der Waals surface area contributed by atoms with Gasteiger partial charge in [-0.15, -0.1) is 0 Å². The second-order valence-electron chi connectivity index (χ2n) is 35.4. The van der Waals surface area contributed by atoms with Crippen LogP contribution in [0, 0.1) is 46.9 Å². The van der Waals surface area contributed by atoms with Gasteiger partial charge in [-0.1, -0.05) is 52.5 Å². The zero-order valence-corrected chi connectivity index (χ0v) is 79.2. The van der Waals surface area contributed by atoms with Gasteiger partial charge >= 0.3 is 0 Å². The number of ether oxygens (including phenoxy) is 8. The summed E-state index contributed by atoms with van der Waals surface area (Å²) in [7, 11) is 15.5. The summed E-state index contributed by atoms with van der Waals surface area (Å²) in [6.45, 7) is 9.03. The van der Waals surface area contributed by atoms with E-state index in [4.69, 9.17) is 84.3 Å². The second kappa shape index (κ2) is 40.0. The van der Waals surface area contributed by atoms with Gasteiger partial charge in [0.1, 0.15) is 51.3 Å². The highest BCUT2D eigenvalue weighted by Crippen LogP contribution is 2.58. The molecule has 40 heteroatoms. The summed E-state index contributed by atoms with van der Waals surface area (Å²) < 4.78 is 106.